The maximum atomic E-state index is 5.32. The van der Waals surface area contributed by atoms with Crippen LogP contribution in [0.15, 0.2) is 224 Å². The lowest BCUT2D eigenvalue weighted by molar-refractivity contribution is 1.18. The highest BCUT2D eigenvalue weighted by molar-refractivity contribution is 6.28. The summed E-state index contributed by atoms with van der Waals surface area (Å²) in [5.41, 5.74) is 12.8. The summed E-state index contributed by atoms with van der Waals surface area (Å²) < 4.78 is 2.51. The highest BCUT2D eigenvalue weighted by Gasteiger charge is 2.22. The molecule has 0 aliphatic carbocycles. The highest BCUT2D eigenvalue weighted by atomic mass is 15.0. The lowest BCUT2D eigenvalue weighted by Crippen LogP contribution is -2.00. The van der Waals surface area contributed by atoms with Crippen LogP contribution in [0.3, 0.4) is 0 Å². The second kappa shape index (κ2) is 14.3. The van der Waals surface area contributed by atoms with E-state index in [0.29, 0.717) is 5.82 Å². The zero-order chi connectivity index (χ0) is 40.3. The van der Waals surface area contributed by atoms with Gasteiger partial charge in [-0.05, 0) is 79.5 Å². The van der Waals surface area contributed by atoms with Crippen LogP contribution in [0.1, 0.15) is 0 Å². The Morgan fingerprint density at radius 3 is 1.43 bits per heavy atom. The van der Waals surface area contributed by atoms with E-state index < -0.39 is 0 Å². The quantitative estimate of drug-likeness (QED) is 0.158. The summed E-state index contributed by atoms with van der Waals surface area (Å²) in [4.78, 5) is 10.6. The largest absolute Gasteiger partial charge is 0.309 e. The lowest BCUT2D eigenvalue weighted by atomic mass is 9.89. The van der Waals surface area contributed by atoms with Crippen molar-refractivity contribution in [2.75, 3.05) is 0 Å². The Kier molecular flexibility index (Phi) is 8.17. The zero-order valence-corrected chi connectivity index (χ0v) is 33.2. The molecule has 2 aromatic heterocycles. The fourth-order valence-corrected chi connectivity index (χ4v) is 9.39. The third kappa shape index (κ3) is 5.82. The summed E-state index contributed by atoms with van der Waals surface area (Å²) in [5.74, 6) is 0.685. The van der Waals surface area contributed by atoms with Gasteiger partial charge in [-0.25, -0.2) is 9.97 Å². The molecule has 3 nitrogen and oxygen atoms in total. The number of para-hydroxylation sites is 1. The van der Waals surface area contributed by atoms with Gasteiger partial charge < -0.3 is 4.57 Å². The predicted octanol–water partition coefficient (Wildman–Crippen LogP) is 15.4. The molecular formula is C58H37N3. The highest BCUT2D eigenvalue weighted by Crippen LogP contribution is 2.45. The summed E-state index contributed by atoms with van der Waals surface area (Å²) >= 11 is 0. The van der Waals surface area contributed by atoms with Crippen LogP contribution in [-0.4, -0.2) is 14.5 Å². The summed E-state index contributed by atoms with van der Waals surface area (Å²) in [7, 11) is 0. The molecule has 3 heteroatoms. The van der Waals surface area contributed by atoms with Gasteiger partial charge in [0.2, 0.25) is 0 Å². The number of benzene rings is 10. The molecule has 61 heavy (non-hydrogen) atoms. The van der Waals surface area contributed by atoms with Crippen LogP contribution in [0, 0.1) is 0 Å². The summed E-state index contributed by atoms with van der Waals surface area (Å²) in [5, 5.41) is 9.79. The molecule has 0 saturated carbocycles. The van der Waals surface area contributed by atoms with Crippen molar-refractivity contribution in [2.45, 2.75) is 0 Å². The van der Waals surface area contributed by atoms with Crippen LogP contribution in [0.2, 0.25) is 0 Å². The molecule has 0 radical (unpaired) electrons. The summed E-state index contributed by atoms with van der Waals surface area (Å²) in [6.45, 7) is 0. The topological polar surface area (TPSA) is 30.7 Å². The summed E-state index contributed by atoms with van der Waals surface area (Å²) in [6, 6.07) is 80.6. The van der Waals surface area contributed by atoms with Crippen LogP contribution < -0.4 is 0 Å². The average molecular weight is 776 g/mol. The lowest BCUT2D eigenvalue weighted by Gasteiger charge is -2.20. The molecule has 0 bridgehead atoms. The molecule has 0 amide bonds. The van der Waals surface area contributed by atoms with Gasteiger partial charge in [0.15, 0.2) is 5.82 Å². The van der Waals surface area contributed by atoms with Crippen molar-refractivity contribution >= 4 is 54.1 Å². The van der Waals surface area contributed by atoms with Gasteiger partial charge in [0.1, 0.15) is 0 Å². The van der Waals surface area contributed by atoms with E-state index in [-0.39, 0.29) is 0 Å². The first kappa shape index (κ1) is 34.9. The van der Waals surface area contributed by atoms with Crippen molar-refractivity contribution in [2.24, 2.45) is 0 Å². The van der Waals surface area contributed by atoms with Gasteiger partial charge in [-0.15, -0.1) is 0 Å². The third-order valence-corrected chi connectivity index (χ3v) is 12.2. The van der Waals surface area contributed by atoms with E-state index in [9.17, 15) is 0 Å². The van der Waals surface area contributed by atoms with Gasteiger partial charge in [-0.2, -0.15) is 0 Å². The van der Waals surface area contributed by atoms with E-state index in [1.54, 1.807) is 0 Å². The summed E-state index contributed by atoms with van der Waals surface area (Å²) in [6.07, 6.45) is 0. The fourth-order valence-electron chi connectivity index (χ4n) is 9.39. The first-order chi connectivity index (χ1) is 30.3. The Hall–Kier alpha value is -8.14. The van der Waals surface area contributed by atoms with Crippen LogP contribution >= 0.6 is 0 Å². The van der Waals surface area contributed by atoms with Gasteiger partial charge in [-0.1, -0.05) is 194 Å². The molecule has 0 spiro atoms. The second-order valence-electron chi connectivity index (χ2n) is 15.7. The molecule has 0 aliphatic heterocycles. The minimum Gasteiger partial charge on any atom is -0.309 e. The Morgan fingerprint density at radius 2 is 0.770 bits per heavy atom. The number of rotatable bonds is 6. The van der Waals surface area contributed by atoms with Crippen LogP contribution in [-0.2, 0) is 0 Å². The number of fused-ring (bicyclic) bond motifs is 9. The number of hydrogen-bond acceptors (Lipinski definition) is 2. The van der Waals surface area contributed by atoms with Gasteiger partial charge in [0, 0.05) is 32.8 Å². The Morgan fingerprint density at radius 1 is 0.279 bits per heavy atom. The van der Waals surface area contributed by atoms with Gasteiger partial charge >= 0.3 is 0 Å². The van der Waals surface area contributed by atoms with E-state index in [1.807, 2.05) is 12.1 Å². The van der Waals surface area contributed by atoms with Crippen LogP contribution in [0.5, 0.6) is 0 Å². The molecule has 0 atom stereocenters. The van der Waals surface area contributed by atoms with Crippen molar-refractivity contribution in [1.29, 1.82) is 0 Å². The molecule has 0 N–H and O–H groups in total. The minimum absolute atomic E-state index is 0.685. The predicted molar refractivity (Wildman–Crippen MR) is 256 cm³/mol. The van der Waals surface area contributed by atoms with E-state index in [0.717, 1.165) is 55.9 Å². The van der Waals surface area contributed by atoms with Gasteiger partial charge in [0.25, 0.3) is 0 Å². The first-order valence-corrected chi connectivity index (χ1v) is 20.8. The molecule has 0 aliphatic rings. The van der Waals surface area contributed by atoms with E-state index in [2.05, 4.69) is 217 Å². The molecular weight excluding hydrogens is 739 g/mol. The Bertz CT molecular complexity index is 3570. The van der Waals surface area contributed by atoms with Crippen molar-refractivity contribution < 1.29 is 0 Å². The van der Waals surface area contributed by atoms with Crippen molar-refractivity contribution in [3.63, 3.8) is 0 Å². The second-order valence-corrected chi connectivity index (χ2v) is 15.7. The van der Waals surface area contributed by atoms with E-state index >= 15 is 0 Å². The molecule has 10 aromatic carbocycles. The monoisotopic (exact) mass is 775 g/mol. The van der Waals surface area contributed by atoms with Gasteiger partial charge in [0.05, 0.1) is 28.1 Å². The number of nitrogens with zero attached hydrogens (tertiary/aromatic N) is 3. The van der Waals surface area contributed by atoms with Crippen LogP contribution in [0.25, 0.3) is 116 Å². The van der Waals surface area contributed by atoms with Gasteiger partial charge in [-0.3, -0.25) is 0 Å². The molecule has 12 rings (SSSR count). The Labute approximate surface area is 353 Å². The minimum atomic E-state index is 0.685. The van der Waals surface area contributed by atoms with E-state index in [4.69, 9.17) is 9.97 Å². The smallest absolute Gasteiger partial charge is 0.161 e. The first-order valence-electron chi connectivity index (χ1n) is 20.8. The Balaban J connectivity index is 1.20. The molecule has 284 valence electrons. The molecule has 2 heterocycles. The molecule has 0 saturated heterocycles. The molecule has 0 fully saturated rings. The van der Waals surface area contributed by atoms with Crippen LogP contribution in [0.4, 0.5) is 0 Å². The maximum Gasteiger partial charge on any atom is 0.161 e. The van der Waals surface area contributed by atoms with Crippen molar-refractivity contribution in [3.8, 4) is 61.8 Å². The zero-order valence-electron chi connectivity index (χ0n) is 33.2. The SMILES string of the molecule is c1ccc(-c2ccc3c4ccccc4n(-c4cc(-c5ccccc5-c5nc(-c6ccccc6)cc(-c6ccccc6)n5)cc5c6ccccc6c6ccccc6c45)c3c2)cc1. The standard InChI is InChI=1S/C58H37N3/c1-4-18-38(19-5-1)41-32-33-48-47-28-16-17-31-54(47)61(55(48)35-41)56-36-42(34-51-46-27-12-11-25-44(46)45-26-13-14-29-49(45)57(51)56)43-24-10-15-30-50(43)58-59-52(39-20-6-2-7-21-39)37-53(60-58)40-22-8-3-9-23-40/h1-37H. The number of hydrogen-bond donors (Lipinski definition) is 0. The maximum absolute atomic E-state index is 5.32. The normalized spacial score (nSPS) is 11.6. The molecule has 0 unspecified atom stereocenters. The molecule has 12 aromatic rings. The van der Waals surface area contributed by atoms with E-state index in [1.165, 1.54) is 54.2 Å². The van der Waals surface area contributed by atoms with Crippen molar-refractivity contribution in [3.05, 3.63) is 224 Å². The third-order valence-electron chi connectivity index (χ3n) is 12.2. The average Bonchev–Trinajstić information content (AvgIpc) is 3.68. The fraction of sp³-hybridized carbons (Fsp3) is 0. The number of aromatic nitrogens is 3. The van der Waals surface area contributed by atoms with Crippen molar-refractivity contribution in [1.82, 2.24) is 14.5 Å².